The summed E-state index contributed by atoms with van der Waals surface area (Å²) in [5, 5.41) is 0. The summed E-state index contributed by atoms with van der Waals surface area (Å²) in [6, 6.07) is 16.2. The molecule has 3 heteroatoms. The molecule has 102 valence electrons. The SMILES string of the molecule is C=NCc1ccc(CC2COc3ccccc3O2)cc1. The molecule has 0 aromatic heterocycles. The van der Waals surface area contributed by atoms with E-state index < -0.39 is 0 Å². The zero-order valence-electron chi connectivity index (χ0n) is 11.3. The molecule has 2 aromatic rings. The lowest BCUT2D eigenvalue weighted by molar-refractivity contribution is 0.0913. The fourth-order valence-corrected chi connectivity index (χ4v) is 2.34. The average molecular weight is 267 g/mol. The number of rotatable bonds is 4. The van der Waals surface area contributed by atoms with E-state index in [1.54, 1.807) is 0 Å². The minimum Gasteiger partial charge on any atom is -0.486 e. The molecule has 2 aromatic carbocycles. The Labute approximate surface area is 118 Å². The Morgan fingerprint density at radius 3 is 2.45 bits per heavy atom. The first-order chi connectivity index (χ1) is 9.85. The minimum absolute atomic E-state index is 0.0632. The van der Waals surface area contributed by atoms with Crippen molar-refractivity contribution in [2.24, 2.45) is 4.99 Å². The standard InChI is InChI=1S/C17H17NO2/c1-18-11-14-8-6-13(7-9-14)10-15-12-19-16-4-2-3-5-17(16)20-15/h2-9,15H,1,10-12H2. The van der Waals surface area contributed by atoms with E-state index in [-0.39, 0.29) is 6.10 Å². The highest BCUT2D eigenvalue weighted by Gasteiger charge is 2.20. The topological polar surface area (TPSA) is 30.8 Å². The van der Waals surface area contributed by atoms with Crippen LogP contribution in [0.2, 0.25) is 0 Å². The van der Waals surface area contributed by atoms with Gasteiger partial charge < -0.3 is 9.47 Å². The number of hydrogen-bond donors (Lipinski definition) is 0. The molecule has 0 spiro atoms. The number of benzene rings is 2. The highest BCUT2D eigenvalue weighted by Crippen LogP contribution is 2.31. The molecule has 1 heterocycles. The third-order valence-electron chi connectivity index (χ3n) is 3.35. The highest BCUT2D eigenvalue weighted by molar-refractivity contribution is 5.41. The van der Waals surface area contributed by atoms with Gasteiger partial charge in [0.15, 0.2) is 11.5 Å². The van der Waals surface area contributed by atoms with E-state index in [2.05, 4.69) is 36.0 Å². The number of fused-ring (bicyclic) bond motifs is 1. The van der Waals surface area contributed by atoms with Crippen LogP contribution < -0.4 is 9.47 Å². The van der Waals surface area contributed by atoms with E-state index in [1.165, 1.54) is 11.1 Å². The van der Waals surface area contributed by atoms with E-state index in [4.69, 9.17) is 9.47 Å². The summed E-state index contributed by atoms with van der Waals surface area (Å²) in [7, 11) is 0. The van der Waals surface area contributed by atoms with Crippen LogP contribution in [0, 0.1) is 0 Å². The van der Waals surface area contributed by atoms with Crippen LogP contribution in [0.4, 0.5) is 0 Å². The molecule has 0 bridgehead atoms. The van der Waals surface area contributed by atoms with Gasteiger partial charge in [0.1, 0.15) is 12.7 Å². The first-order valence-electron chi connectivity index (χ1n) is 6.74. The molecule has 3 nitrogen and oxygen atoms in total. The molecule has 0 radical (unpaired) electrons. The molecule has 0 saturated carbocycles. The van der Waals surface area contributed by atoms with Crippen molar-refractivity contribution >= 4 is 6.72 Å². The Hall–Kier alpha value is -2.29. The summed E-state index contributed by atoms with van der Waals surface area (Å²) in [4.78, 5) is 3.88. The normalized spacial score (nSPS) is 16.7. The van der Waals surface area contributed by atoms with E-state index >= 15 is 0 Å². The van der Waals surface area contributed by atoms with Crippen LogP contribution in [0.25, 0.3) is 0 Å². The number of para-hydroxylation sites is 2. The summed E-state index contributed by atoms with van der Waals surface area (Å²) >= 11 is 0. The molecule has 20 heavy (non-hydrogen) atoms. The second-order valence-electron chi connectivity index (χ2n) is 4.90. The van der Waals surface area contributed by atoms with Gasteiger partial charge in [0.05, 0.1) is 6.54 Å². The van der Waals surface area contributed by atoms with E-state index in [0.717, 1.165) is 17.9 Å². The lowest BCUT2D eigenvalue weighted by Gasteiger charge is -2.26. The smallest absolute Gasteiger partial charge is 0.161 e. The molecule has 0 aliphatic carbocycles. The minimum atomic E-state index is 0.0632. The maximum absolute atomic E-state index is 5.96. The molecule has 0 saturated heterocycles. The van der Waals surface area contributed by atoms with Crippen LogP contribution in [0.5, 0.6) is 11.5 Å². The van der Waals surface area contributed by atoms with Gasteiger partial charge in [-0.3, -0.25) is 4.99 Å². The van der Waals surface area contributed by atoms with Gasteiger partial charge in [-0.2, -0.15) is 0 Å². The molecule has 1 unspecified atom stereocenters. The lowest BCUT2D eigenvalue weighted by atomic mass is 10.1. The number of nitrogens with zero attached hydrogens (tertiary/aromatic N) is 1. The fraction of sp³-hybridized carbons (Fsp3) is 0.235. The van der Waals surface area contributed by atoms with Crippen molar-refractivity contribution in [1.82, 2.24) is 0 Å². The van der Waals surface area contributed by atoms with Crippen LogP contribution in [0.3, 0.4) is 0 Å². The molecule has 1 atom stereocenters. The monoisotopic (exact) mass is 267 g/mol. The van der Waals surface area contributed by atoms with Crippen molar-refractivity contribution in [3.63, 3.8) is 0 Å². The average Bonchev–Trinajstić information content (AvgIpc) is 2.49. The highest BCUT2D eigenvalue weighted by atomic mass is 16.6. The van der Waals surface area contributed by atoms with E-state index in [0.29, 0.717) is 13.2 Å². The van der Waals surface area contributed by atoms with Crippen LogP contribution in [-0.4, -0.2) is 19.4 Å². The molecular weight excluding hydrogens is 250 g/mol. The second-order valence-corrected chi connectivity index (χ2v) is 4.90. The third-order valence-corrected chi connectivity index (χ3v) is 3.35. The Morgan fingerprint density at radius 1 is 1.00 bits per heavy atom. The van der Waals surface area contributed by atoms with E-state index in [9.17, 15) is 0 Å². The molecule has 1 aliphatic heterocycles. The first-order valence-corrected chi connectivity index (χ1v) is 6.74. The predicted molar refractivity (Wildman–Crippen MR) is 79.8 cm³/mol. The Balaban J connectivity index is 1.65. The molecule has 1 aliphatic rings. The van der Waals surface area contributed by atoms with Crippen molar-refractivity contribution in [1.29, 1.82) is 0 Å². The quantitative estimate of drug-likeness (QED) is 0.796. The summed E-state index contributed by atoms with van der Waals surface area (Å²) in [6.07, 6.45) is 0.907. The van der Waals surface area contributed by atoms with Crippen LogP contribution in [0.1, 0.15) is 11.1 Å². The zero-order valence-corrected chi connectivity index (χ0v) is 11.3. The first kappa shape index (κ1) is 12.7. The van der Waals surface area contributed by atoms with Gasteiger partial charge in [-0.25, -0.2) is 0 Å². The number of aliphatic imine (C=N–C) groups is 1. The molecule has 0 N–H and O–H groups in total. The Bertz CT molecular complexity index is 592. The van der Waals surface area contributed by atoms with Gasteiger partial charge in [-0.15, -0.1) is 0 Å². The van der Waals surface area contributed by atoms with Gasteiger partial charge in [0.25, 0.3) is 0 Å². The summed E-state index contributed by atoms with van der Waals surface area (Å²) in [5.41, 5.74) is 2.42. The fourth-order valence-electron chi connectivity index (χ4n) is 2.34. The van der Waals surface area contributed by atoms with Gasteiger partial charge in [-0.05, 0) is 30.0 Å². The van der Waals surface area contributed by atoms with Crippen molar-refractivity contribution in [3.8, 4) is 11.5 Å². The lowest BCUT2D eigenvalue weighted by Crippen LogP contribution is -2.31. The van der Waals surface area contributed by atoms with Crippen LogP contribution in [0.15, 0.2) is 53.5 Å². The Morgan fingerprint density at radius 2 is 1.70 bits per heavy atom. The largest absolute Gasteiger partial charge is 0.486 e. The number of hydrogen-bond acceptors (Lipinski definition) is 3. The second kappa shape index (κ2) is 5.78. The van der Waals surface area contributed by atoms with Gasteiger partial charge in [0.2, 0.25) is 0 Å². The van der Waals surface area contributed by atoms with Crippen LogP contribution >= 0.6 is 0 Å². The summed E-state index contributed by atoms with van der Waals surface area (Å²) in [5.74, 6) is 1.66. The Kier molecular flexibility index (Phi) is 3.68. The molecular formula is C17H17NO2. The number of ether oxygens (including phenoxy) is 2. The van der Waals surface area contributed by atoms with E-state index in [1.807, 2.05) is 24.3 Å². The van der Waals surface area contributed by atoms with Crippen molar-refractivity contribution in [3.05, 3.63) is 59.7 Å². The van der Waals surface area contributed by atoms with Crippen LogP contribution in [-0.2, 0) is 13.0 Å². The molecule has 0 fully saturated rings. The predicted octanol–water partition coefficient (Wildman–Crippen LogP) is 3.27. The van der Waals surface area contributed by atoms with Gasteiger partial charge >= 0.3 is 0 Å². The van der Waals surface area contributed by atoms with Crippen molar-refractivity contribution in [2.45, 2.75) is 19.1 Å². The van der Waals surface area contributed by atoms with Crippen molar-refractivity contribution < 1.29 is 9.47 Å². The zero-order chi connectivity index (χ0) is 13.8. The van der Waals surface area contributed by atoms with Crippen molar-refractivity contribution in [2.75, 3.05) is 6.61 Å². The third kappa shape index (κ3) is 2.82. The summed E-state index contributed by atoms with van der Waals surface area (Å²) in [6.45, 7) is 4.76. The maximum Gasteiger partial charge on any atom is 0.161 e. The molecule has 0 amide bonds. The van der Waals surface area contributed by atoms with Gasteiger partial charge in [0, 0.05) is 6.42 Å². The molecule has 3 rings (SSSR count). The maximum atomic E-state index is 5.96. The summed E-state index contributed by atoms with van der Waals surface area (Å²) < 4.78 is 11.7. The van der Waals surface area contributed by atoms with Gasteiger partial charge in [-0.1, -0.05) is 36.4 Å².